The van der Waals surface area contributed by atoms with Crippen molar-refractivity contribution in [2.24, 2.45) is 0 Å². The van der Waals surface area contributed by atoms with Gasteiger partial charge in [0, 0.05) is 5.75 Å². The summed E-state index contributed by atoms with van der Waals surface area (Å²) < 4.78 is 7.39. The van der Waals surface area contributed by atoms with Crippen LogP contribution in [0.5, 0.6) is 0 Å². The molecule has 1 saturated heterocycles. The van der Waals surface area contributed by atoms with Gasteiger partial charge in [-0.1, -0.05) is 11.6 Å². The summed E-state index contributed by atoms with van der Waals surface area (Å²) in [7, 11) is 0. The highest BCUT2D eigenvalue weighted by Crippen LogP contribution is 2.33. The number of ether oxygens (including phenoxy) is 1. The lowest BCUT2D eigenvalue weighted by molar-refractivity contribution is -0.00190. The highest BCUT2D eigenvalue weighted by atomic mass is 35.5. The molecule has 1 fully saturated rings. The van der Waals surface area contributed by atoms with E-state index in [0.717, 1.165) is 0 Å². The number of halogens is 1. The van der Waals surface area contributed by atoms with Gasteiger partial charge in [0.15, 0.2) is 10.8 Å². The average Bonchev–Trinajstić information content (AvgIpc) is 2.93. The van der Waals surface area contributed by atoms with E-state index in [9.17, 15) is 0 Å². The van der Waals surface area contributed by atoms with E-state index in [1.165, 1.54) is 11.8 Å². The van der Waals surface area contributed by atoms with Crippen molar-refractivity contribution < 1.29 is 9.84 Å². The number of hydrogen-bond donors (Lipinski definition) is 2. The second-order valence-corrected chi connectivity index (χ2v) is 5.28. The van der Waals surface area contributed by atoms with Gasteiger partial charge in [0.1, 0.15) is 17.2 Å². The fraction of sp³-hybridized carbons (Fsp3) is 0.444. The first-order valence-corrected chi connectivity index (χ1v) is 6.65. The van der Waals surface area contributed by atoms with E-state index in [0.29, 0.717) is 16.9 Å². The Hall–Kier alpha value is -1.09. The summed E-state index contributed by atoms with van der Waals surface area (Å²) in [5.74, 6) is 0.802. The highest BCUT2D eigenvalue weighted by molar-refractivity contribution is 8.00. The van der Waals surface area contributed by atoms with E-state index in [1.54, 1.807) is 10.9 Å². The zero-order valence-corrected chi connectivity index (χ0v) is 10.7. The quantitative estimate of drug-likeness (QED) is 0.782. The second-order valence-electron chi connectivity index (χ2n) is 3.73. The number of rotatable bonds is 2. The number of aliphatic hydroxyl groups is 1. The van der Waals surface area contributed by atoms with E-state index < -0.39 is 0 Å². The minimum Gasteiger partial charge on any atom is -0.393 e. The van der Waals surface area contributed by atoms with Crippen LogP contribution < -0.4 is 5.73 Å². The molecule has 96 valence electrons. The van der Waals surface area contributed by atoms with Crippen molar-refractivity contribution in [2.75, 3.05) is 18.1 Å². The van der Waals surface area contributed by atoms with Crippen molar-refractivity contribution in [3.63, 3.8) is 0 Å². The summed E-state index contributed by atoms with van der Waals surface area (Å²) in [6.07, 6.45) is 1.36. The molecule has 2 atom stereocenters. The van der Waals surface area contributed by atoms with Crippen molar-refractivity contribution in [1.82, 2.24) is 19.5 Å². The van der Waals surface area contributed by atoms with Gasteiger partial charge in [-0.2, -0.15) is 9.97 Å². The molecule has 18 heavy (non-hydrogen) atoms. The van der Waals surface area contributed by atoms with Gasteiger partial charge < -0.3 is 15.6 Å². The van der Waals surface area contributed by atoms with Crippen LogP contribution in [0, 0.1) is 0 Å². The number of imidazole rings is 1. The monoisotopic (exact) mass is 287 g/mol. The molecule has 0 saturated carbocycles. The standard InChI is InChI=1S/C9H10ClN5O2S/c10-7-6-8(14-9(11)13-7)15(3-12-6)4-2-18-5(1-16)17-4/h3-5,16H,1-2H2,(H2,11,13,14)/t4-,5-/m1/s1. The molecule has 0 unspecified atom stereocenters. The molecule has 2 aromatic rings. The van der Waals surface area contributed by atoms with Crippen LogP contribution in [0.4, 0.5) is 5.95 Å². The van der Waals surface area contributed by atoms with Gasteiger partial charge in [-0.3, -0.25) is 4.57 Å². The number of aromatic nitrogens is 4. The molecule has 3 rings (SSSR count). The minimum absolute atomic E-state index is 0.0221. The van der Waals surface area contributed by atoms with Crippen LogP contribution in [-0.2, 0) is 4.74 Å². The topological polar surface area (TPSA) is 99.1 Å². The predicted octanol–water partition coefficient (Wildman–Crippen LogP) is 0.642. The molecule has 0 aromatic carbocycles. The van der Waals surface area contributed by atoms with Gasteiger partial charge in [-0.15, -0.1) is 11.8 Å². The van der Waals surface area contributed by atoms with Gasteiger partial charge in [-0.25, -0.2) is 4.98 Å². The van der Waals surface area contributed by atoms with Gasteiger partial charge in [0.2, 0.25) is 5.95 Å². The smallest absolute Gasteiger partial charge is 0.223 e. The maximum absolute atomic E-state index is 9.05. The predicted molar refractivity (Wildman–Crippen MR) is 68.2 cm³/mol. The zero-order chi connectivity index (χ0) is 12.7. The third-order valence-corrected chi connectivity index (χ3v) is 3.96. The Morgan fingerprint density at radius 1 is 1.61 bits per heavy atom. The summed E-state index contributed by atoms with van der Waals surface area (Å²) in [4.78, 5) is 12.1. The van der Waals surface area contributed by atoms with Crippen LogP contribution in [0.15, 0.2) is 6.33 Å². The summed E-state index contributed by atoms with van der Waals surface area (Å²) in [5, 5.41) is 9.27. The number of nitrogens with two attached hydrogens (primary N) is 1. The third kappa shape index (κ3) is 1.91. The molecule has 0 bridgehead atoms. The Balaban J connectivity index is 2.03. The summed E-state index contributed by atoms with van der Waals surface area (Å²) in [6.45, 7) is -0.0221. The van der Waals surface area contributed by atoms with Gasteiger partial charge >= 0.3 is 0 Å². The molecule has 0 spiro atoms. The Morgan fingerprint density at radius 2 is 2.44 bits per heavy atom. The number of aliphatic hydroxyl groups excluding tert-OH is 1. The lowest BCUT2D eigenvalue weighted by Gasteiger charge is -2.12. The van der Waals surface area contributed by atoms with Crippen LogP contribution in [0.1, 0.15) is 6.23 Å². The molecular formula is C9H10ClN5O2S. The first-order chi connectivity index (χ1) is 8.69. The number of anilines is 1. The fourth-order valence-corrected chi connectivity index (χ4v) is 2.94. The minimum atomic E-state index is -0.234. The van der Waals surface area contributed by atoms with Crippen molar-refractivity contribution in [1.29, 1.82) is 0 Å². The zero-order valence-electron chi connectivity index (χ0n) is 9.15. The fourth-order valence-electron chi connectivity index (χ4n) is 1.79. The van der Waals surface area contributed by atoms with Gasteiger partial charge in [0.25, 0.3) is 0 Å². The summed E-state index contributed by atoms with van der Waals surface area (Å²) in [6, 6.07) is 0. The number of nitrogen functional groups attached to an aromatic ring is 1. The third-order valence-electron chi connectivity index (χ3n) is 2.59. The highest BCUT2D eigenvalue weighted by Gasteiger charge is 2.28. The van der Waals surface area contributed by atoms with Crippen LogP contribution in [-0.4, -0.2) is 42.4 Å². The number of thioether (sulfide) groups is 1. The molecule has 0 aliphatic carbocycles. The summed E-state index contributed by atoms with van der Waals surface area (Å²) >= 11 is 7.48. The first-order valence-electron chi connectivity index (χ1n) is 5.22. The molecule has 3 N–H and O–H groups in total. The molecule has 0 radical (unpaired) electrons. The molecule has 2 aromatic heterocycles. The lowest BCUT2D eigenvalue weighted by Crippen LogP contribution is -2.14. The normalized spacial score (nSPS) is 23.9. The van der Waals surface area contributed by atoms with Crippen LogP contribution in [0.3, 0.4) is 0 Å². The van der Waals surface area contributed by atoms with Crippen molar-refractivity contribution in [2.45, 2.75) is 11.7 Å². The van der Waals surface area contributed by atoms with E-state index in [-0.39, 0.29) is 29.4 Å². The number of fused-ring (bicyclic) bond motifs is 1. The summed E-state index contributed by atoms with van der Waals surface area (Å²) in [5.41, 5.74) is 6.38. The molecule has 1 aliphatic heterocycles. The Labute approximate surface area is 111 Å². The molecule has 3 heterocycles. The Morgan fingerprint density at radius 3 is 3.17 bits per heavy atom. The Kier molecular flexibility index (Phi) is 3.02. The van der Waals surface area contributed by atoms with Crippen molar-refractivity contribution >= 4 is 40.5 Å². The molecule has 7 nitrogen and oxygen atoms in total. The van der Waals surface area contributed by atoms with E-state index >= 15 is 0 Å². The maximum atomic E-state index is 9.05. The number of nitrogens with zero attached hydrogens (tertiary/aromatic N) is 4. The largest absolute Gasteiger partial charge is 0.393 e. The maximum Gasteiger partial charge on any atom is 0.223 e. The SMILES string of the molecule is Nc1nc(Cl)c2ncn([C@H]3CS[C@H](CO)O3)c2n1. The Bertz CT molecular complexity index is 592. The molecule has 0 amide bonds. The molecular weight excluding hydrogens is 278 g/mol. The van der Waals surface area contributed by atoms with Crippen LogP contribution in [0.2, 0.25) is 5.15 Å². The van der Waals surface area contributed by atoms with Crippen LogP contribution in [0.25, 0.3) is 11.2 Å². The van der Waals surface area contributed by atoms with Crippen molar-refractivity contribution in [3.05, 3.63) is 11.5 Å². The molecule has 1 aliphatic rings. The average molecular weight is 288 g/mol. The van der Waals surface area contributed by atoms with Crippen molar-refractivity contribution in [3.8, 4) is 0 Å². The van der Waals surface area contributed by atoms with E-state index in [2.05, 4.69) is 15.0 Å². The van der Waals surface area contributed by atoms with E-state index in [1.807, 2.05) is 0 Å². The lowest BCUT2D eigenvalue weighted by atomic mass is 10.5. The number of hydrogen-bond acceptors (Lipinski definition) is 7. The van der Waals surface area contributed by atoms with E-state index in [4.69, 9.17) is 27.2 Å². The van der Waals surface area contributed by atoms with Gasteiger partial charge in [0.05, 0.1) is 12.9 Å². The van der Waals surface area contributed by atoms with Crippen LogP contribution >= 0.6 is 23.4 Å². The molecule has 9 heteroatoms. The second kappa shape index (κ2) is 4.54. The van der Waals surface area contributed by atoms with Gasteiger partial charge in [-0.05, 0) is 0 Å². The first kappa shape index (κ1) is 12.0.